The fourth-order valence-electron chi connectivity index (χ4n) is 3.37. The van der Waals surface area contributed by atoms with Gasteiger partial charge in [0.2, 0.25) is 10.0 Å². The van der Waals surface area contributed by atoms with Gasteiger partial charge in [0.25, 0.3) is 0 Å². The largest absolute Gasteiger partial charge is 0.300 e. The summed E-state index contributed by atoms with van der Waals surface area (Å²) in [7, 11) is -6.01. The molecule has 22 heavy (non-hydrogen) atoms. The van der Waals surface area contributed by atoms with Gasteiger partial charge in [0.1, 0.15) is 9.84 Å². The van der Waals surface area contributed by atoms with Gasteiger partial charge in [-0.05, 0) is 44.7 Å². The van der Waals surface area contributed by atoms with Crippen LogP contribution in [0, 0.1) is 5.92 Å². The molecule has 8 heteroatoms. The number of hydrogen-bond acceptors (Lipinski definition) is 5. The molecule has 0 aromatic heterocycles. The number of hydrogen-bond donors (Lipinski definition) is 1. The third-order valence-electron chi connectivity index (χ3n) is 4.47. The van der Waals surface area contributed by atoms with Crippen LogP contribution in [0.1, 0.15) is 39.5 Å². The molecule has 0 aromatic carbocycles. The lowest BCUT2D eigenvalue weighted by molar-refractivity contribution is 0.140. The van der Waals surface area contributed by atoms with Crippen molar-refractivity contribution in [3.8, 4) is 0 Å². The summed E-state index contributed by atoms with van der Waals surface area (Å²) < 4.78 is 49.7. The summed E-state index contributed by atoms with van der Waals surface area (Å²) in [4.78, 5) is 2.34. The molecule has 0 unspecified atom stereocenters. The van der Waals surface area contributed by atoms with E-state index in [1.54, 1.807) is 0 Å². The number of nitrogens with one attached hydrogen (secondary N) is 1. The molecule has 0 aromatic rings. The van der Waals surface area contributed by atoms with Crippen molar-refractivity contribution < 1.29 is 16.8 Å². The minimum atomic E-state index is -3.19. The molecule has 130 valence electrons. The van der Waals surface area contributed by atoms with Crippen LogP contribution in [0.4, 0.5) is 0 Å². The summed E-state index contributed by atoms with van der Waals surface area (Å²) >= 11 is 0. The highest BCUT2D eigenvalue weighted by Crippen LogP contribution is 2.22. The SMILES string of the molecule is CC(C)CS(=O)(=O)NC1CCN(C2CCS(=O)(=O)CC2)CC1. The quantitative estimate of drug-likeness (QED) is 0.783. The fourth-order valence-corrected chi connectivity index (χ4v) is 6.55. The molecule has 0 aliphatic carbocycles. The fraction of sp³-hybridized carbons (Fsp3) is 1.00. The molecule has 2 fully saturated rings. The highest BCUT2D eigenvalue weighted by atomic mass is 32.2. The normalized spacial score (nSPS) is 25.6. The Morgan fingerprint density at radius 3 is 2.14 bits per heavy atom. The van der Waals surface area contributed by atoms with Gasteiger partial charge in [0.05, 0.1) is 17.3 Å². The van der Waals surface area contributed by atoms with Crippen LogP contribution < -0.4 is 4.72 Å². The van der Waals surface area contributed by atoms with Crippen LogP contribution in [0.25, 0.3) is 0 Å². The molecule has 2 saturated heterocycles. The topological polar surface area (TPSA) is 83.6 Å². The highest BCUT2D eigenvalue weighted by Gasteiger charge is 2.31. The molecule has 1 N–H and O–H groups in total. The first kappa shape index (κ1) is 18.2. The molecule has 0 saturated carbocycles. The van der Waals surface area contributed by atoms with E-state index in [0.717, 1.165) is 25.9 Å². The van der Waals surface area contributed by atoms with Crippen molar-refractivity contribution in [3.63, 3.8) is 0 Å². The predicted molar refractivity (Wildman–Crippen MR) is 88.0 cm³/mol. The van der Waals surface area contributed by atoms with Crippen molar-refractivity contribution in [3.05, 3.63) is 0 Å². The van der Waals surface area contributed by atoms with Gasteiger partial charge in [0, 0.05) is 12.1 Å². The van der Waals surface area contributed by atoms with Crippen LogP contribution in [0.5, 0.6) is 0 Å². The number of nitrogens with zero attached hydrogens (tertiary/aromatic N) is 1. The monoisotopic (exact) mass is 352 g/mol. The van der Waals surface area contributed by atoms with Gasteiger partial charge in [-0.2, -0.15) is 0 Å². The molecule has 2 rings (SSSR count). The number of rotatable bonds is 5. The van der Waals surface area contributed by atoms with Gasteiger partial charge in [-0.3, -0.25) is 0 Å². The minimum absolute atomic E-state index is 0.0207. The number of sulfonamides is 1. The second kappa shape index (κ2) is 7.15. The Kier molecular flexibility index (Phi) is 5.90. The lowest BCUT2D eigenvalue weighted by Gasteiger charge is -2.39. The third kappa shape index (κ3) is 5.47. The summed E-state index contributed by atoms with van der Waals surface area (Å²) in [6.07, 6.45) is 3.04. The van der Waals surface area contributed by atoms with E-state index in [9.17, 15) is 16.8 Å². The Balaban J connectivity index is 1.79. The van der Waals surface area contributed by atoms with Gasteiger partial charge in [-0.15, -0.1) is 0 Å². The van der Waals surface area contributed by atoms with Crippen LogP contribution in [-0.4, -0.2) is 64.2 Å². The van der Waals surface area contributed by atoms with Crippen LogP contribution in [0.2, 0.25) is 0 Å². The first-order valence-electron chi connectivity index (χ1n) is 8.11. The maximum Gasteiger partial charge on any atom is 0.212 e. The lowest BCUT2D eigenvalue weighted by Crippen LogP contribution is -2.50. The van der Waals surface area contributed by atoms with Gasteiger partial charge in [-0.25, -0.2) is 21.6 Å². The molecule has 6 nitrogen and oxygen atoms in total. The molecule has 0 bridgehead atoms. The van der Waals surface area contributed by atoms with Crippen LogP contribution in [0.3, 0.4) is 0 Å². The summed E-state index contributed by atoms with van der Waals surface area (Å²) in [5.74, 6) is 0.882. The summed E-state index contributed by atoms with van der Waals surface area (Å²) in [5.41, 5.74) is 0. The average Bonchev–Trinajstić information content (AvgIpc) is 2.38. The Morgan fingerprint density at radius 2 is 1.64 bits per heavy atom. The number of piperidine rings is 1. The lowest BCUT2D eigenvalue weighted by atomic mass is 10.0. The molecule has 0 radical (unpaired) electrons. The zero-order valence-electron chi connectivity index (χ0n) is 13.5. The van der Waals surface area contributed by atoms with E-state index in [4.69, 9.17) is 0 Å². The van der Waals surface area contributed by atoms with E-state index in [1.807, 2.05) is 13.8 Å². The van der Waals surface area contributed by atoms with Crippen molar-refractivity contribution in [2.45, 2.75) is 51.6 Å². The molecule has 2 aliphatic rings. The Bertz CT molecular complexity index is 550. The average molecular weight is 353 g/mol. The van der Waals surface area contributed by atoms with E-state index >= 15 is 0 Å². The second-order valence-corrected chi connectivity index (χ2v) is 11.1. The van der Waals surface area contributed by atoms with E-state index in [-0.39, 0.29) is 17.7 Å². The maximum atomic E-state index is 12.0. The molecular formula is C14H28N2O4S2. The third-order valence-corrected chi connectivity index (χ3v) is 7.98. The van der Waals surface area contributed by atoms with Crippen molar-refractivity contribution >= 4 is 19.9 Å². The zero-order chi connectivity index (χ0) is 16.4. The molecular weight excluding hydrogens is 324 g/mol. The highest BCUT2D eigenvalue weighted by molar-refractivity contribution is 7.91. The van der Waals surface area contributed by atoms with Crippen molar-refractivity contribution in [2.75, 3.05) is 30.3 Å². The van der Waals surface area contributed by atoms with E-state index in [1.165, 1.54) is 0 Å². The minimum Gasteiger partial charge on any atom is -0.300 e. The van der Waals surface area contributed by atoms with Crippen molar-refractivity contribution in [1.82, 2.24) is 9.62 Å². The number of likely N-dealkylation sites (tertiary alicyclic amines) is 1. The zero-order valence-corrected chi connectivity index (χ0v) is 15.1. The van der Waals surface area contributed by atoms with Crippen LogP contribution in [-0.2, 0) is 19.9 Å². The predicted octanol–water partition coefficient (Wildman–Crippen LogP) is 0.603. The Hall–Kier alpha value is -0.180. The Labute approximate surface area is 134 Å². The molecule has 0 spiro atoms. The first-order valence-corrected chi connectivity index (χ1v) is 11.6. The first-order chi connectivity index (χ1) is 10.2. The van der Waals surface area contributed by atoms with Gasteiger partial charge in [0.15, 0.2) is 0 Å². The molecule has 0 amide bonds. The van der Waals surface area contributed by atoms with Crippen LogP contribution >= 0.6 is 0 Å². The van der Waals surface area contributed by atoms with Crippen molar-refractivity contribution in [2.24, 2.45) is 5.92 Å². The summed E-state index contributed by atoms with van der Waals surface area (Å²) in [6, 6.07) is 0.365. The van der Waals surface area contributed by atoms with E-state index < -0.39 is 19.9 Å². The Morgan fingerprint density at radius 1 is 1.09 bits per heavy atom. The molecule has 0 atom stereocenters. The van der Waals surface area contributed by atoms with Crippen LogP contribution in [0.15, 0.2) is 0 Å². The van der Waals surface area contributed by atoms with E-state index in [2.05, 4.69) is 9.62 Å². The van der Waals surface area contributed by atoms with Crippen molar-refractivity contribution in [1.29, 1.82) is 0 Å². The molecule has 2 heterocycles. The van der Waals surface area contributed by atoms with Gasteiger partial charge >= 0.3 is 0 Å². The smallest absolute Gasteiger partial charge is 0.212 e. The second-order valence-electron chi connectivity index (χ2n) is 6.99. The number of sulfone groups is 1. The van der Waals surface area contributed by atoms with Gasteiger partial charge < -0.3 is 4.90 Å². The standard InChI is InChI=1S/C14H28N2O4S2/c1-12(2)11-22(19,20)15-13-3-7-16(8-4-13)14-5-9-21(17,18)10-6-14/h12-15H,3-11H2,1-2H3. The molecule has 2 aliphatic heterocycles. The maximum absolute atomic E-state index is 12.0. The van der Waals surface area contributed by atoms with Gasteiger partial charge in [-0.1, -0.05) is 13.8 Å². The summed E-state index contributed by atoms with van der Waals surface area (Å²) in [5, 5.41) is 0. The summed E-state index contributed by atoms with van der Waals surface area (Å²) in [6.45, 7) is 5.50. The van der Waals surface area contributed by atoms with E-state index in [0.29, 0.717) is 30.4 Å².